The molecule has 5 nitrogen and oxygen atoms in total. The molecule has 0 N–H and O–H groups in total. The van der Waals surface area contributed by atoms with Crippen molar-refractivity contribution in [3.05, 3.63) is 39.7 Å². The van der Waals surface area contributed by atoms with E-state index >= 15 is 0 Å². The second-order valence-electron chi connectivity index (χ2n) is 2.77. The van der Waals surface area contributed by atoms with Crippen molar-refractivity contribution in [3.63, 3.8) is 0 Å². The molecule has 1 aromatic rings. The monoisotopic (exact) mass is 210 g/mol. The van der Waals surface area contributed by atoms with E-state index in [-0.39, 0.29) is 6.54 Å². The molecule has 1 rings (SSSR count). The minimum Gasteiger partial charge on any atom is -0.258 e. The highest BCUT2D eigenvalue weighted by molar-refractivity contribution is 5.37. The average molecular weight is 210 g/mol. The zero-order valence-corrected chi connectivity index (χ0v) is 7.64. The summed E-state index contributed by atoms with van der Waals surface area (Å²) in [5, 5.41) is 10.4. The molecule has 0 spiro atoms. The number of carbonyl (C=O) groups excluding carboxylic acids is 1. The molecule has 0 amide bonds. The van der Waals surface area contributed by atoms with Gasteiger partial charge in [0.2, 0.25) is 11.9 Å². The number of hydrogen-bond donors (Lipinski definition) is 0. The SMILES string of the molecule is O=C=NCCc1ccc(F)c([N+](=O)[O-])c1. The van der Waals surface area contributed by atoms with Crippen molar-refractivity contribution in [2.24, 2.45) is 4.99 Å². The van der Waals surface area contributed by atoms with Crippen LogP contribution in [-0.2, 0) is 11.2 Å². The van der Waals surface area contributed by atoms with E-state index in [0.29, 0.717) is 12.0 Å². The molecule has 78 valence electrons. The van der Waals surface area contributed by atoms with E-state index in [1.807, 2.05) is 0 Å². The van der Waals surface area contributed by atoms with Crippen molar-refractivity contribution in [1.29, 1.82) is 0 Å². The van der Waals surface area contributed by atoms with Crippen LogP contribution >= 0.6 is 0 Å². The Hall–Kier alpha value is -2.07. The predicted octanol–water partition coefficient (Wildman–Crippen LogP) is 1.61. The molecule has 0 aliphatic rings. The number of nitro groups is 1. The Kier molecular flexibility index (Phi) is 3.65. The van der Waals surface area contributed by atoms with Crippen LogP contribution in [0.1, 0.15) is 5.56 Å². The Morgan fingerprint density at radius 3 is 2.87 bits per heavy atom. The number of nitrogens with zero attached hydrogens (tertiary/aromatic N) is 2. The van der Waals surface area contributed by atoms with Gasteiger partial charge in [-0.25, -0.2) is 9.79 Å². The quantitative estimate of drug-likeness (QED) is 0.328. The average Bonchev–Trinajstić information content (AvgIpc) is 2.20. The van der Waals surface area contributed by atoms with Crippen molar-refractivity contribution < 1.29 is 14.1 Å². The zero-order chi connectivity index (χ0) is 11.3. The maximum absolute atomic E-state index is 12.9. The number of rotatable bonds is 4. The Morgan fingerprint density at radius 2 is 2.27 bits per heavy atom. The van der Waals surface area contributed by atoms with Gasteiger partial charge in [-0.1, -0.05) is 6.07 Å². The smallest absolute Gasteiger partial charge is 0.258 e. The fourth-order valence-corrected chi connectivity index (χ4v) is 1.08. The first kappa shape index (κ1) is 11.0. The summed E-state index contributed by atoms with van der Waals surface area (Å²) in [5.74, 6) is -0.873. The van der Waals surface area contributed by atoms with Gasteiger partial charge in [-0.15, -0.1) is 0 Å². The summed E-state index contributed by atoms with van der Waals surface area (Å²) in [4.78, 5) is 22.7. The fourth-order valence-electron chi connectivity index (χ4n) is 1.08. The number of aliphatic imine (C=N–C) groups is 1. The normalized spacial score (nSPS) is 9.40. The summed E-state index contributed by atoms with van der Waals surface area (Å²) < 4.78 is 12.9. The lowest BCUT2D eigenvalue weighted by molar-refractivity contribution is -0.387. The third-order valence-corrected chi connectivity index (χ3v) is 1.78. The first-order chi connectivity index (χ1) is 7.15. The van der Waals surface area contributed by atoms with E-state index in [9.17, 15) is 19.3 Å². The minimum atomic E-state index is -0.873. The van der Waals surface area contributed by atoms with Crippen molar-refractivity contribution in [2.75, 3.05) is 6.54 Å². The molecule has 6 heteroatoms. The topological polar surface area (TPSA) is 72.6 Å². The van der Waals surface area contributed by atoms with Gasteiger partial charge < -0.3 is 0 Å². The molecule has 0 saturated heterocycles. The third-order valence-electron chi connectivity index (χ3n) is 1.78. The van der Waals surface area contributed by atoms with Gasteiger partial charge in [0.15, 0.2) is 0 Å². The maximum atomic E-state index is 12.9. The number of benzene rings is 1. The molecule has 0 aliphatic carbocycles. The Balaban J connectivity index is 2.87. The Labute approximate surface area is 84.4 Å². The highest BCUT2D eigenvalue weighted by Gasteiger charge is 2.13. The first-order valence-electron chi connectivity index (χ1n) is 4.11. The van der Waals surface area contributed by atoms with Gasteiger partial charge >= 0.3 is 5.69 Å². The number of halogens is 1. The van der Waals surface area contributed by atoms with Crippen LogP contribution in [0.4, 0.5) is 10.1 Å². The summed E-state index contributed by atoms with van der Waals surface area (Å²) in [7, 11) is 0. The van der Waals surface area contributed by atoms with Crippen LogP contribution in [0.25, 0.3) is 0 Å². The molecule has 15 heavy (non-hydrogen) atoms. The maximum Gasteiger partial charge on any atom is 0.305 e. The molecule has 0 saturated carbocycles. The standard InChI is InChI=1S/C9H7FN2O3/c10-8-2-1-7(3-4-11-6-13)5-9(8)12(14)15/h1-2,5H,3-4H2. The summed E-state index contributed by atoms with van der Waals surface area (Å²) in [6.07, 6.45) is 1.70. The minimum absolute atomic E-state index is 0.187. The highest BCUT2D eigenvalue weighted by atomic mass is 19.1. The molecular weight excluding hydrogens is 203 g/mol. The number of nitro benzene ring substituents is 1. The molecule has 0 bridgehead atoms. The van der Waals surface area contributed by atoms with Crippen molar-refractivity contribution in [2.45, 2.75) is 6.42 Å². The summed E-state index contributed by atoms with van der Waals surface area (Å²) in [5.41, 5.74) is -0.00955. The predicted molar refractivity (Wildman–Crippen MR) is 49.7 cm³/mol. The van der Waals surface area contributed by atoms with Crippen LogP contribution in [0.15, 0.2) is 23.2 Å². The van der Waals surface area contributed by atoms with Gasteiger partial charge in [0.25, 0.3) is 0 Å². The van der Waals surface area contributed by atoms with Crippen LogP contribution in [0.5, 0.6) is 0 Å². The molecule has 0 radical (unpaired) electrons. The molecule has 0 aliphatic heterocycles. The fraction of sp³-hybridized carbons (Fsp3) is 0.222. The van der Waals surface area contributed by atoms with Crippen molar-refractivity contribution in [3.8, 4) is 0 Å². The van der Waals surface area contributed by atoms with E-state index in [1.54, 1.807) is 0 Å². The van der Waals surface area contributed by atoms with E-state index in [0.717, 1.165) is 12.1 Å². The molecule has 1 aromatic carbocycles. The van der Waals surface area contributed by atoms with E-state index in [4.69, 9.17) is 0 Å². The summed E-state index contributed by atoms with van der Waals surface area (Å²) in [6, 6.07) is 3.58. The van der Waals surface area contributed by atoms with Crippen molar-refractivity contribution in [1.82, 2.24) is 0 Å². The molecule has 0 atom stereocenters. The second kappa shape index (κ2) is 4.97. The van der Waals surface area contributed by atoms with Crippen LogP contribution in [0, 0.1) is 15.9 Å². The van der Waals surface area contributed by atoms with Gasteiger partial charge in [-0.3, -0.25) is 10.1 Å². The molecular formula is C9H7FN2O3. The number of isocyanates is 1. The third kappa shape index (κ3) is 2.96. The largest absolute Gasteiger partial charge is 0.305 e. The lowest BCUT2D eigenvalue weighted by Crippen LogP contribution is -1.96. The molecule has 0 aromatic heterocycles. The molecule has 0 unspecified atom stereocenters. The lowest BCUT2D eigenvalue weighted by atomic mass is 10.1. The van der Waals surface area contributed by atoms with E-state index in [2.05, 4.69) is 4.99 Å². The van der Waals surface area contributed by atoms with E-state index < -0.39 is 16.4 Å². The first-order valence-corrected chi connectivity index (χ1v) is 4.11. The zero-order valence-electron chi connectivity index (χ0n) is 7.64. The summed E-state index contributed by atoms with van der Waals surface area (Å²) >= 11 is 0. The van der Waals surface area contributed by atoms with Crippen LogP contribution in [0.3, 0.4) is 0 Å². The van der Waals surface area contributed by atoms with Gasteiger partial charge in [-0.2, -0.15) is 4.39 Å². The van der Waals surface area contributed by atoms with Gasteiger partial charge in [-0.05, 0) is 18.1 Å². The van der Waals surface area contributed by atoms with Crippen LogP contribution in [-0.4, -0.2) is 17.5 Å². The van der Waals surface area contributed by atoms with Crippen LogP contribution < -0.4 is 0 Å². The molecule has 0 heterocycles. The van der Waals surface area contributed by atoms with Crippen molar-refractivity contribution >= 4 is 11.8 Å². The summed E-state index contributed by atoms with van der Waals surface area (Å²) in [6.45, 7) is 0.187. The Morgan fingerprint density at radius 1 is 1.53 bits per heavy atom. The lowest BCUT2D eigenvalue weighted by Gasteiger charge is -1.98. The Bertz CT molecular complexity index is 427. The second-order valence-corrected chi connectivity index (χ2v) is 2.77. The number of hydrogen-bond acceptors (Lipinski definition) is 4. The molecule has 0 fully saturated rings. The van der Waals surface area contributed by atoms with Crippen LogP contribution in [0.2, 0.25) is 0 Å². The van der Waals surface area contributed by atoms with Gasteiger partial charge in [0.1, 0.15) is 0 Å². The highest BCUT2D eigenvalue weighted by Crippen LogP contribution is 2.18. The van der Waals surface area contributed by atoms with E-state index in [1.165, 1.54) is 12.1 Å². The van der Waals surface area contributed by atoms with Gasteiger partial charge in [0, 0.05) is 6.07 Å². The van der Waals surface area contributed by atoms with Gasteiger partial charge in [0.05, 0.1) is 11.5 Å².